The van der Waals surface area contributed by atoms with Crippen LogP contribution in [0.15, 0.2) is 55.0 Å². The molecule has 7 nitrogen and oxygen atoms in total. The molecule has 0 bridgehead atoms. The lowest BCUT2D eigenvalue weighted by Crippen LogP contribution is -2.54. The summed E-state index contributed by atoms with van der Waals surface area (Å²) in [7, 11) is 0. The van der Waals surface area contributed by atoms with Crippen LogP contribution in [-0.4, -0.2) is 46.5 Å². The third kappa shape index (κ3) is 4.32. The van der Waals surface area contributed by atoms with E-state index in [0.717, 1.165) is 22.5 Å². The SMILES string of the molecule is CCOC(=O)C1CNC(c2nn(-c3ccc(Cl)cc3)cc2-c2ccncc2)CN1. The quantitative estimate of drug-likeness (QED) is 0.628. The van der Waals surface area contributed by atoms with Crippen LogP contribution >= 0.6 is 11.6 Å². The van der Waals surface area contributed by atoms with Crippen LogP contribution in [0.3, 0.4) is 0 Å². The Hall–Kier alpha value is -2.74. The molecule has 2 N–H and O–H groups in total. The number of piperazine rings is 1. The smallest absolute Gasteiger partial charge is 0.324 e. The van der Waals surface area contributed by atoms with Crippen LogP contribution in [0, 0.1) is 0 Å². The highest BCUT2D eigenvalue weighted by Gasteiger charge is 2.30. The highest BCUT2D eigenvalue weighted by atomic mass is 35.5. The Kier molecular flexibility index (Phi) is 5.89. The lowest BCUT2D eigenvalue weighted by Gasteiger charge is -2.29. The Balaban J connectivity index is 1.63. The molecule has 2 aromatic heterocycles. The van der Waals surface area contributed by atoms with Crippen molar-refractivity contribution in [2.45, 2.75) is 19.0 Å². The molecular formula is C21H22ClN5O2. The number of esters is 1. The van der Waals surface area contributed by atoms with Gasteiger partial charge in [0.2, 0.25) is 0 Å². The van der Waals surface area contributed by atoms with E-state index in [2.05, 4.69) is 15.6 Å². The van der Waals surface area contributed by atoms with Crippen molar-refractivity contribution in [1.29, 1.82) is 0 Å². The molecule has 0 radical (unpaired) electrons. The lowest BCUT2D eigenvalue weighted by atomic mass is 10.0. The van der Waals surface area contributed by atoms with Gasteiger partial charge in [-0.3, -0.25) is 9.78 Å². The fourth-order valence-corrected chi connectivity index (χ4v) is 3.52. The molecule has 0 saturated carbocycles. The predicted molar refractivity (Wildman–Crippen MR) is 111 cm³/mol. The highest BCUT2D eigenvalue weighted by molar-refractivity contribution is 6.30. The molecule has 150 valence electrons. The first-order chi connectivity index (χ1) is 14.2. The van der Waals surface area contributed by atoms with Crippen LogP contribution in [0.2, 0.25) is 5.02 Å². The molecule has 1 aliphatic heterocycles. The summed E-state index contributed by atoms with van der Waals surface area (Å²) in [5, 5.41) is 12.2. The van der Waals surface area contributed by atoms with E-state index >= 15 is 0 Å². The van der Waals surface area contributed by atoms with Crippen LogP contribution in [-0.2, 0) is 9.53 Å². The Bertz CT molecular complexity index is 966. The van der Waals surface area contributed by atoms with Gasteiger partial charge in [0, 0.05) is 42.3 Å². The summed E-state index contributed by atoms with van der Waals surface area (Å²) < 4.78 is 6.96. The van der Waals surface area contributed by atoms with Crippen LogP contribution < -0.4 is 10.6 Å². The maximum Gasteiger partial charge on any atom is 0.324 e. The molecule has 3 heterocycles. The normalized spacial score (nSPS) is 19.1. The Morgan fingerprint density at radius 2 is 1.93 bits per heavy atom. The molecule has 1 saturated heterocycles. The third-order valence-corrected chi connectivity index (χ3v) is 5.12. The molecule has 3 aromatic rings. The van der Waals surface area contributed by atoms with E-state index in [0.29, 0.717) is 24.7 Å². The van der Waals surface area contributed by atoms with Gasteiger partial charge in [0.25, 0.3) is 0 Å². The lowest BCUT2D eigenvalue weighted by molar-refractivity contribution is -0.146. The number of carbonyl (C=O) groups excluding carboxylic acids is 1. The topological polar surface area (TPSA) is 81.1 Å². The zero-order valence-electron chi connectivity index (χ0n) is 16.0. The van der Waals surface area contributed by atoms with Crippen molar-refractivity contribution in [3.8, 4) is 16.8 Å². The summed E-state index contributed by atoms with van der Waals surface area (Å²) in [6.07, 6.45) is 5.54. The minimum Gasteiger partial charge on any atom is -0.465 e. The first-order valence-electron chi connectivity index (χ1n) is 9.55. The molecule has 1 aliphatic rings. The van der Waals surface area contributed by atoms with E-state index in [9.17, 15) is 4.79 Å². The fourth-order valence-electron chi connectivity index (χ4n) is 3.39. The zero-order chi connectivity index (χ0) is 20.2. The van der Waals surface area contributed by atoms with Gasteiger partial charge in [-0.05, 0) is 48.9 Å². The van der Waals surface area contributed by atoms with Crippen molar-refractivity contribution < 1.29 is 9.53 Å². The highest BCUT2D eigenvalue weighted by Crippen LogP contribution is 2.29. The Morgan fingerprint density at radius 3 is 2.59 bits per heavy atom. The third-order valence-electron chi connectivity index (χ3n) is 4.86. The van der Waals surface area contributed by atoms with E-state index < -0.39 is 0 Å². The van der Waals surface area contributed by atoms with Gasteiger partial charge >= 0.3 is 5.97 Å². The van der Waals surface area contributed by atoms with Crippen LogP contribution in [0.4, 0.5) is 0 Å². The molecule has 4 rings (SSSR count). The minimum absolute atomic E-state index is 0.0441. The van der Waals surface area contributed by atoms with Crippen molar-refractivity contribution in [2.75, 3.05) is 19.7 Å². The second kappa shape index (κ2) is 8.73. The van der Waals surface area contributed by atoms with Crippen molar-refractivity contribution >= 4 is 17.6 Å². The molecule has 1 aromatic carbocycles. The largest absolute Gasteiger partial charge is 0.465 e. The van der Waals surface area contributed by atoms with Crippen LogP contribution in [0.1, 0.15) is 18.7 Å². The van der Waals surface area contributed by atoms with E-state index in [1.54, 1.807) is 19.3 Å². The molecule has 1 fully saturated rings. The number of aromatic nitrogens is 3. The van der Waals surface area contributed by atoms with E-state index in [4.69, 9.17) is 21.4 Å². The fraction of sp³-hybridized carbons (Fsp3) is 0.286. The summed E-state index contributed by atoms with van der Waals surface area (Å²) in [5.74, 6) is -0.237. The number of nitrogens with one attached hydrogen (secondary N) is 2. The van der Waals surface area contributed by atoms with Crippen LogP contribution in [0.25, 0.3) is 16.8 Å². The molecule has 0 aliphatic carbocycles. The number of halogens is 1. The predicted octanol–water partition coefficient (Wildman–Crippen LogP) is 2.75. The number of carbonyl (C=O) groups is 1. The number of hydrogen-bond donors (Lipinski definition) is 2. The number of benzene rings is 1. The standard InChI is InChI=1S/C21H22ClN5O2/c1-2-29-21(28)19-12-24-18(11-25-19)20-17(14-7-9-23-10-8-14)13-27(26-20)16-5-3-15(22)4-6-16/h3-10,13,18-19,24-25H,2,11-12H2,1H3. The average Bonchev–Trinajstić information content (AvgIpc) is 3.21. The van der Waals surface area contributed by atoms with Crippen molar-refractivity contribution in [3.05, 3.63) is 65.7 Å². The Labute approximate surface area is 174 Å². The first kappa shape index (κ1) is 19.6. The molecule has 29 heavy (non-hydrogen) atoms. The summed E-state index contributed by atoms with van der Waals surface area (Å²) in [5.41, 5.74) is 3.87. The van der Waals surface area contributed by atoms with Gasteiger partial charge in [0.15, 0.2) is 0 Å². The number of pyridine rings is 1. The monoisotopic (exact) mass is 411 g/mol. The number of ether oxygens (including phenoxy) is 1. The zero-order valence-corrected chi connectivity index (χ0v) is 16.8. The van der Waals surface area contributed by atoms with Gasteiger partial charge in [-0.2, -0.15) is 5.10 Å². The van der Waals surface area contributed by atoms with Crippen molar-refractivity contribution in [2.24, 2.45) is 0 Å². The molecular weight excluding hydrogens is 390 g/mol. The number of rotatable bonds is 5. The van der Waals surface area contributed by atoms with Gasteiger partial charge in [0.05, 0.1) is 24.0 Å². The van der Waals surface area contributed by atoms with E-state index in [1.165, 1.54) is 0 Å². The van der Waals surface area contributed by atoms with Gasteiger partial charge < -0.3 is 15.4 Å². The van der Waals surface area contributed by atoms with Gasteiger partial charge in [0.1, 0.15) is 6.04 Å². The summed E-state index contributed by atoms with van der Waals surface area (Å²) >= 11 is 6.02. The Morgan fingerprint density at radius 1 is 1.17 bits per heavy atom. The molecule has 8 heteroatoms. The summed E-state index contributed by atoms with van der Waals surface area (Å²) in [6, 6.07) is 11.1. The van der Waals surface area contributed by atoms with Gasteiger partial charge in [-0.15, -0.1) is 0 Å². The second-order valence-electron chi connectivity index (χ2n) is 6.76. The molecule has 0 amide bonds. The van der Waals surface area contributed by atoms with Gasteiger partial charge in [-0.25, -0.2) is 4.68 Å². The summed E-state index contributed by atoms with van der Waals surface area (Å²) in [6.45, 7) is 3.23. The molecule has 0 spiro atoms. The number of nitrogens with zero attached hydrogens (tertiary/aromatic N) is 3. The van der Waals surface area contributed by atoms with E-state index in [-0.39, 0.29) is 18.1 Å². The number of hydrogen-bond acceptors (Lipinski definition) is 6. The van der Waals surface area contributed by atoms with Crippen molar-refractivity contribution in [3.63, 3.8) is 0 Å². The average molecular weight is 412 g/mol. The maximum absolute atomic E-state index is 12.0. The first-order valence-corrected chi connectivity index (χ1v) is 9.93. The van der Waals surface area contributed by atoms with Gasteiger partial charge in [-0.1, -0.05) is 11.6 Å². The molecule has 2 atom stereocenters. The summed E-state index contributed by atoms with van der Waals surface area (Å²) in [4.78, 5) is 16.1. The minimum atomic E-state index is -0.353. The van der Waals surface area contributed by atoms with Crippen LogP contribution in [0.5, 0.6) is 0 Å². The maximum atomic E-state index is 12.0. The van der Waals surface area contributed by atoms with E-state index in [1.807, 2.05) is 47.3 Å². The molecule has 2 unspecified atom stereocenters. The van der Waals surface area contributed by atoms with Crippen molar-refractivity contribution in [1.82, 2.24) is 25.4 Å². The second-order valence-corrected chi connectivity index (χ2v) is 7.20.